The molecule has 0 unspecified atom stereocenters. The lowest BCUT2D eigenvalue weighted by molar-refractivity contribution is -0.119. The molecule has 1 spiro atoms. The van der Waals surface area contributed by atoms with Crippen LogP contribution in [-0.2, 0) is 4.79 Å². The van der Waals surface area contributed by atoms with Crippen LogP contribution in [0.2, 0.25) is 0 Å². The molecule has 0 aromatic rings. The molecule has 1 aliphatic carbocycles. The lowest BCUT2D eigenvalue weighted by atomic mass is 9.58. The predicted octanol–water partition coefficient (Wildman–Crippen LogP) is 2.24. The van der Waals surface area contributed by atoms with Gasteiger partial charge in [-0.05, 0) is 55.9 Å². The smallest absolute Gasteiger partial charge is 0.216 e. The molecule has 2 fully saturated rings. The number of hydrogen-bond acceptors (Lipinski definition) is 4. The van der Waals surface area contributed by atoms with Crippen LogP contribution in [0.15, 0.2) is 0 Å². The van der Waals surface area contributed by atoms with Gasteiger partial charge in [0.15, 0.2) is 0 Å². The van der Waals surface area contributed by atoms with E-state index in [0.717, 1.165) is 24.1 Å². The normalized spacial score (nSPS) is 23.3. The molecule has 2 aliphatic rings. The van der Waals surface area contributed by atoms with Crippen LogP contribution in [0.1, 0.15) is 32.6 Å². The third-order valence-corrected chi connectivity index (χ3v) is 6.04. The van der Waals surface area contributed by atoms with Gasteiger partial charge in [-0.1, -0.05) is 0 Å². The highest BCUT2D eigenvalue weighted by atomic mass is 32.2. The SMILES string of the molecule is CC(=O)NCCN1CCC2(CC1)CC(CSCS)C2. The highest BCUT2D eigenvalue weighted by Gasteiger charge is 2.45. The van der Waals surface area contributed by atoms with Crippen molar-refractivity contribution in [3.63, 3.8) is 0 Å². The van der Waals surface area contributed by atoms with Gasteiger partial charge in [-0.15, -0.1) is 0 Å². The first-order valence-corrected chi connectivity index (χ1v) is 9.08. The second kappa shape index (κ2) is 7.23. The van der Waals surface area contributed by atoms with Crippen LogP contribution in [0.4, 0.5) is 0 Å². The Morgan fingerprint density at radius 1 is 1.42 bits per heavy atom. The summed E-state index contributed by atoms with van der Waals surface area (Å²) in [4.78, 5) is 13.3. The van der Waals surface area contributed by atoms with Crippen LogP contribution in [0, 0.1) is 11.3 Å². The lowest BCUT2D eigenvalue weighted by Gasteiger charge is -2.52. The number of likely N-dealkylation sites (tertiary alicyclic amines) is 1. The fourth-order valence-electron chi connectivity index (χ4n) is 3.55. The molecule has 0 aromatic carbocycles. The van der Waals surface area contributed by atoms with Gasteiger partial charge in [0.05, 0.1) is 0 Å². The zero-order chi connectivity index (χ0) is 13.7. The fourth-order valence-corrected chi connectivity index (χ4v) is 4.54. The van der Waals surface area contributed by atoms with E-state index in [0.29, 0.717) is 5.41 Å². The molecule has 110 valence electrons. The van der Waals surface area contributed by atoms with Crippen LogP contribution in [0.25, 0.3) is 0 Å². The van der Waals surface area contributed by atoms with Gasteiger partial charge in [-0.2, -0.15) is 24.4 Å². The van der Waals surface area contributed by atoms with E-state index in [4.69, 9.17) is 0 Å². The Morgan fingerprint density at radius 3 is 2.68 bits per heavy atom. The number of piperidine rings is 1. The molecule has 0 aromatic heterocycles. The molecule has 1 aliphatic heterocycles. The minimum Gasteiger partial charge on any atom is -0.355 e. The van der Waals surface area contributed by atoms with Crippen molar-refractivity contribution in [2.24, 2.45) is 11.3 Å². The van der Waals surface area contributed by atoms with Crippen LogP contribution < -0.4 is 5.32 Å². The lowest BCUT2D eigenvalue weighted by Crippen LogP contribution is -2.48. The van der Waals surface area contributed by atoms with Crippen molar-refractivity contribution in [3.8, 4) is 0 Å². The Bertz CT molecular complexity index is 296. The van der Waals surface area contributed by atoms with Crippen molar-refractivity contribution >= 4 is 30.3 Å². The van der Waals surface area contributed by atoms with Crippen molar-refractivity contribution in [1.82, 2.24) is 10.2 Å². The molecule has 1 saturated heterocycles. The van der Waals surface area contributed by atoms with Gasteiger partial charge in [-0.25, -0.2) is 0 Å². The maximum absolute atomic E-state index is 10.8. The van der Waals surface area contributed by atoms with Crippen molar-refractivity contribution < 1.29 is 4.79 Å². The zero-order valence-corrected chi connectivity index (χ0v) is 13.6. The van der Waals surface area contributed by atoms with Crippen molar-refractivity contribution in [3.05, 3.63) is 0 Å². The molecule has 3 nitrogen and oxygen atoms in total. The third kappa shape index (κ3) is 4.57. The molecule has 1 N–H and O–H groups in total. The van der Waals surface area contributed by atoms with Crippen molar-refractivity contribution in [2.75, 3.05) is 37.0 Å². The Kier molecular flexibility index (Phi) is 5.90. The van der Waals surface area contributed by atoms with Crippen molar-refractivity contribution in [1.29, 1.82) is 0 Å². The van der Waals surface area contributed by atoms with Gasteiger partial charge in [-0.3, -0.25) is 4.79 Å². The van der Waals surface area contributed by atoms with E-state index in [1.165, 1.54) is 44.5 Å². The number of carbonyl (C=O) groups is 1. The van der Waals surface area contributed by atoms with Crippen LogP contribution >= 0.6 is 24.4 Å². The molecule has 0 atom stereocenters. The van der Waals surface area contributed by atoms with E-state index >= 15 is 0 Å². The summed E-state index contributed by atoms with van der Waals surface area (Å²) in [6.07, 6.45) is 5.59. The van der Waals surface area contributed by atoms with E-state index in [-0.39, 0.29) is 5.91 Å². The molecule has 1 saturated carbocycles. The van der Waals surface area contributed by atoms with E-state index in [1.54, 1.807) is 6.92 Å². The highest BCUT2D eigenvalue weighted by Crippen LogP contribution is 2.53. The molecule has 19 heavy (non-hydrogen) atoms. The van der Waals surface area contributed by atoms with Gasteiger partial charge in [0.25, 0.3) is 0 Å². The average molecular weight is 303 g/mol. The van der Waals surface area contributed by atoms with Gasteiger partial charge in [0, 0.05) is 25.1 Å². The first-order chi connectivity index (χ1) is 9.13. The van der Waals surface area contributed by atoms with Gasteiger partial charge < -0.3 is 10.2 Å². The Balaban J connectivity index is 1.60. The Hall–Kier alpha value is 0.130. The number of thiol groups is 1. The number of nitrogens with one attached hydrogen (secondary N) is 1. The van der Waals surface area contributed by atoms with Gasteiger partial charge >= 0.3 is 0 Å². The van der Waals surface area contributed by atoms with E-state index in [9.17, 15) is 4.79 Å². The summed E-state index contributed by atoms with van der Waals surface area (Å²) >= 11 is 6.23. The molecule has 1 heterocycles. The summed E-state index contributed by atoms with van der Waals surface area (Å²) in [6.45, 7) is 5.82. The molecule has 0 radical (unpaired) electrons. The third-order valence-electron chi connectivity index (χ3n) is 4.61. The van der Waals surface area contributed by atoms with Gasteiger partial charge in [0.2, 0.25) is 5.91 Å². The number of thioether (sulfide) groups is 1. The number of amides is 1. The minimum atomic E-state index is 0.0806. The first-order valence-electron chi connectivity index (χ1n) is 7.29. The van der Waals surface area contributed by atoms with E-state index < -0.39 is 0 Å². The molecule has 5 heteroatoms. The maximum atomic E-state index is 10.8. The second-order valence-corrected chi connectivity index (χ2v) is 7.87. The Labute approximate surface area is 126 Å². The standard InChI is InChI=1S/C14H26N2OS2/c1-12(17)15-4-7-16-5-2-14(3-6-16)8-13(9-14)10-19-11-18/h13,18H,2-11H2,1H3,(H,15,17). The van der Waals surface area contributed by atoms with Crippen LogP contribution in [0.3, 0.4) is 0 Å². The van der Waals surface area contributed by atoms with Crippen molar-refractivity contribution in [2.45, 2.75) is 32.6 Å². The molecular weight excluding hydrogens is 276 g/mol. The molecule has 0 bridgehead atoms. The predicted molar refractivity (Wildman–Crippen MR) is 85.8 cm³/mol. The topological polar surface area (TPSA) is 32.3 Å². The largest absolute Gasteiger partial charge is 0.355 e. The average Bonchev–Trinajstić information content (AvgIpc) is 2.35. The summed E-state index contributed by atoms with van der Waals surface area (Å²) < 4.78 is 0. The van der Waals surface area contributed by atoms with Gasteiger partial charge in [0.1, 0.15) is 0 Å². The van der Waals surface area contributed by atoms with Crippen LogP contribution in [-0.4, -0.2) is 47.8 Å². The maximum Gasteiger partial charge on any atom is 0.216 e. The van der Waals surface area contributed by atoms with E-state index in [2.05, 4.69) is 22.8 Å². The highest BCUT2D eigenvalue weighted by molar-refractivity contribution is 8.09. The molecular formula is C14H26N2OS2. The zero-order valence-electron chi connectivity index (χ0n) is 11.9. The summed E-state index contributed by atoms with van der Waals surface area (Å²) in [5.74, 6) is 2.33. The quantitative estimate of drug-likeness (QED) is 0.583. The minimum absolute atomic E-state index is 0.0806. The number of carbonyl (C=O) groups excluding carboxylic acids is 1. The number of nitrogens with zero attached hydrogens (tertiary/aromatic N) is 1. The summed E-state index contributed by atoms with van der Waals surface area (Å²) in [5, 5.41) is 3.84. The van der Waals surface area contributed by atoms with Crippen LogP contribution in [0.5, 0.6) is 0 Å². The number of hydrogen-bond donors (Lipinski definition) is 2. The molecule has 1 amide bonds. The fraction of sp³-hybridized carbons (Fsp3) is 0.929. The first kappa shape index (κ1) is 15.5. The monoisotopic (exact) mass is 302 g/mol. The number of rotatable bonds is 6. The second-order valence-electron chi connectivity index (χ2n) is 6.10. The molecule has 2 rings (SSSR count). The summed E-state index contributed by atoms with van der Waals surface area (Å²) in [6, 6.07) is 0. The Morgan fingerprint density at radius 2 is 2.11 bits per heavy atom. The van der Waals surface area contributed by atoms with E-state index in [1.807, 2.05) is 11.8 Å². The summed E-state index contributed by atoms with van der Waals surface area (Å²) in [5.41, 5.74) is 0.673. The summed E-state index contributed by atoms with van der Waals surface area (Å²) in [7, 11) is 0.